The van der Waals surface area contributed by atoms with Crippen LogP contribution in [0.2, 0.25) is 5.02 Å². The van der Waals surface area contributed by atoms with E-state index in [-0.39, 0.29) is 17.4 Å². The van der Waals surface area contributed by atoms with Gasteiger partial charge in [-0.25, -0.2) is 0 Å². The fraction of sp³-hybridized carbons (Fsp3) is 0.0667. The van der Waals surface area contributed by atoms with Gasteiger partial charge in [0.05, 0.1) is 9.95 Å². The minimum absolute atomic E-state index is 0.0414. The van der Waals surface area contributed by atoms with Crippen LogP contribution in [0.25, 0.3) is 0 Å². The number of benzene rings is 2. The molecule has 2 aromatic rings. The molecule has 0 saturated carbocycles. The van der Waals surface area contributed by atoms with Crippen molar-refractivity contribution in [2.45, 2.75) is 0 Å². The third-order valence-electron chi connectivity index (χ3n) is 2.84. The van der Waals surface area contributed by atoms with E-state index in [0.29, 0.717) is 16.5 Å². The van der Waals surface area contributed by atoms with Crippen molar-refractivity contribution in [3.63, 3.8) is 0 Å². The molecule has 1 amide bonds. The first-order valence-electron chi connectivity index (χ1n) is 6.78. The molecule has 10 heteroatoms. The summed E-state index contributed by atoms with van der Waals surface area (Å²) in [5.74, 6) is -0.104. The largest absolute Gasteiger partial charge is 0.482 e. The van der Waals surface area contributed by atoms with E-state index >= 15 is 0 Å². The molecule has 0 bridgehead atoms. The summed E-state index contributed by atoms with van der Waals surface area (Å²) in [6.45, 7) is -0.274. The smallest absolute Gasteiger partial charge is 0.269 e. The SMILES string of the molecule is O=C(COc1ccc(Br)cc1Cl)NC(=S)Nc1ccc([N+](=O)[O-])cc1. The van der Waals surface area contributed by atoms with Gasteiger partial charge in [0.15, 0.2) is 11.7 Å². The fourth-order valence-electron chi connectivity index (χ4n) is 1.73. The van der Waals surface area contributed by atoms with E-state index in [9.17, 15) is 14.9 Å². The molecule has 0 aromatic heterocycles. The van der Waals surface area contributed by atoms with Crippen molar-refractivity contribution in [3.05, 3.63) is 62.1 Å². The molecule has 0 saturated heterocycles. The molecule has 0 spiro atoms. The normalized spacial score (nSPS) is 10.0. The monoisotopic (exact) mass is 443 g/mol. The molecular weight excluding hydrogens is 434 g/mol. The molecule has 130 valence electrons. The number of ether oxygens (including phenoxy) is 1. The zero-order chi connectivity index (χ0) is 18.4. The standard InChI is InChI=1S/C15H11BrClN3O4S/c16-9-1-6-13(12(17)7-9)24-8-14(21)19-15(25)18-10-2-4-11(5-3-10)20(22)23/h1-7H,8H2,(H2,18,19,21,25). The molecule has 0 fully saturated rings. The van der Waals surface area contributed by atoms with Crippen molar-refractivity contribution >= 4 is 62.1 Å². The Bertz CT molecular complexity index is 817. The molecule has 7 nitrogen and oxygen atoms in total. The van der Waals surface area contributed by atoms with Crippen molar-refractivity contribution in [1.29, 1.82) is 0 Å². The van der Waals surface area contributed by atoms with Gasteiger partial charge >= 0.3 is 0 Å². The first kappa shape index (κ1) is 19.1. The maximum Gasteiger partial charge on any atom is 0.269 e. The van der Waals surface area contributed by atoms with Gasteiger partial charge in [-0.05, 0) is 42.5 Å². The Kier molecular flexibility index (Phi) is 6.68. The maximum absolute atomic E-state index is 11.8. The number of carbonyl (C=O) groups excluding carboxylic acids is 1. The Balaban J connectivity index is 1.83. The number of non-ortho nitro benzene ring substituents is 1. The molecule has 2 aromatic carbocycles. The Morgan fingerprint density at radius 3 is 2.56 bits per heavy atom. The third kappa shape index (κ3) is 5.96. The molecule has 0 aliphatic carbocycles. The van der Waals surface area contributed by atoms with Gasteiger partial charge in [-0.2, -0.15) is 0 Å². The van der Waals surface area contributed by atoms with Crippen molar-refractivity contribution in [2.24, 2.45) is 0 Å². The van der Waals surface area contributed by atoms with Crippen LogP contribution < -0.4 is 15.4 Å². The van der Waals surface area contributed by atoms with Crippen LogP contribution in [-0.2, 0) is 4.79 Å². The van der Waals surface area contributed by atoms with E-state index in [1.54, 1.807) is 18.2 Å². The van der Waals surface area contributed by atoms with Gasteiger partial charge in [-0.3, -0.25) is 20.2 Å². The highest BCUT2D eigenvalue weighted by molar-refractivity contribution is 9.10. The van der Waals surface area contributed by atoms with Gasteiger partial charge in [-0.1, -0.05) is 27.5 Å². The van der Waals surface area contributed by atoms with Gasteiger partial charge in [0.2, 0.25) is 0 Å². The van der Waals surface area contributed by atoms with Gasteiger partial charge in [0.25, 0.3) is 11.6 Å². The summed E-state index contributed by atoms with van der Waals surface area (Å²) in [6.07, 6.45) is 0. The van der Waals surface area contributed by atoms with E-state index in [4.69, 9.17) is 28.6 Å². The van der Waals surface area contributed by atoms with Crippen LogP contribution in [-0.4, -0.2) is 22.5 Å². The van der Waals surface area contributed by atoms with Crippen molar-refractivity contribution in [3.8, 4) is 5.75 Å². The molecule has 0 heterocycles. The molecule has 0 aliphatic rings. The first-order valence-corrected chi connectivity index (χ1v) is 8.36. The second-order valence-corrected chi connectivity index (χ2v) is 6.40. The number of nitrogens with one attached hydrogen (secondary N) is 2. The predicted octanol–water partition coefficient (Wildman–Crippen LogP) is 3.90. The van der Waals surface area contributed by atoms with Crippen LogP contribution in [0.3, 0.4) is 0 Å². The van der Waals surface area contributed by atoms with Crippen molar-refractivity contribution < 1.29 is 14.5 Å². The summed E-state index contributed by atoms with van der Waals surface area (Å²) in [6, 6.07) is 10.6. The number of thiocarbonyl (C=S) groups is 1. The summed E-state index contributed by atoms with van der Waals surface area (Å²) in [7, 11) is 0. The van der Waals surface area contributed by atoms with E-state index in [1.807, 2.05) is 0 Å². The molecule has 0 atom stereocenters. The van der Waals surface area contributed by atoms with Gasteiger partial charge < -0.3 is 10.1 Å². The highest BCUT2D eigenvalue weighted by Crippen LogP contribution is 2.27. The predicted molar refractivity (Wildman–Crippen MR) is 102 cm³/mol. The number of nitro benzene ring substituents is 1. The van der Waals surface area contributed by atoms with E-state index in [2.05, 4.69) is 26.6 Å². The molecule has 0 unspecified atom stereocenters. The first-order chi connectivity index (χ1) is 11.8. The topological polar surface area (TPSA) is 93.5 Å². The summed E-state index contributed by atoms with van der Waals surface area (Å²) in [5.41, 5.74) is 0.466. The lowest BCUT2D eigenvalue weighted by atomic mass is 10.3. The lowest BCUT2D eigenvalue weighted by molar-refractivity contribution is -0.384. The molecule has 2 N–H and O–H groups in total. The Morgan fingerprint density at radius 1 is 1.28 bits per heavy atom. The second-order valence-electron chi connectivity index (χ2n) is 4.67. The number of rotatable bonds is 5. The van der Waals surface area contributed by atoms with Crippen molar-refractivity contribution in [2.75, 3.05) is 11.9 Å². The Hall–Kier alpha value is -2.23. The number of carbonyl (C=O) groups is 1. The van der Waals surface area contributed by atoms with Crippen LogP contribution in [0.15, 0.2) is 46.9 Å². The zero-order valence-electron chi connectivity index (χ0n) is 12.5. The summed E-state index contributed by atoms with van der Waals surface area (Å²) in [5, 5.41) is 16.2. The minimum Gasteiger partial charge on any atom is -0.482 e. The molecular formula is C15H11BrClN3O4S. The molecule has 25 heavy (non-hydrogen) atoms. The lowest BCUT2D eigenvalue weighted by Gasteiger charge is -2.11. The average Bonchev–Trinajstić information content (AvgIpc) is 2.54. The lowest BCUT2D eigenvalue weighted by Crippen LogP contribution is -2.37. The molecule has 0 radical (unpaired) electrons. The van der Waals surface area contributed by atoms with E-state index < -0.39 is 10.8 Å². The number of nitrogens with zero attached hydrogens (tertiary/aromatic N) is 1. The maximum atomic E-state index is 11.8. The number of hydrogen-bond donors (Lipinski definition) is 2. The molecule has 2 rings (SSSR count). The fourth-order valence-corrected chi connectivity index (χ4v) is 2.69. The second kappa shape index (κ2) is 8.75. The summed E-state index contributed by atoms with van der Waals surface area (Å²) < 4.78 is 6.11. The number of hydrogen-bond acceptors (Lipinski definition) is 5. The highest BCUT2D eigenvalue weighted by Gasteiger charge is 2.09. The van der Waals surface area contributed by atoms with Crippen LogP contribution >= 0.6 is 39.7 Å². The quantitative estimate of drug-likeness (QED) is 0.413. The highest BCUT2D eigenvalue weighted by atomic mass is 79.9. The minimum atomic E-state index is -0.505. The molecule has 0 aliphatic heterocycles. The van der Waals surface area contributed by atoms with Crippen LogP contribution in [0, 0.1) is 10.1 Å². The van der Waals surface area contributed by atoms with Gasteiger partial charge in [0.1, 0.15) is 5.75 Å². The van der Waals surface area contributed by atoms with Crippen LogP contribution in [0.1, 0.15) is 0 Å². The van der Waals surface area contributed by atoms with E-state index in [0.717, 1.165) is 4.47 Å². The van der Waals surface area contributed by atoms with Crippen molar-refractivity contribution in [1.82, 2.24) is 5.32 Å². The number of nitro groups is 1. The van der Waals surface area contributed by atoms with Crippen LogP contribution in [0.5, 0.6) is 5.75 Å². The summed E-state index contributed by atoms with van der Waals surface area (Å²) in [4.78, 5) is 21.9. The van der Waals surface area contributed by atoms with Crippen LogP contribution in [0.4, 0.5) is 11.4 Å². The average molecular weight is 445 g/mol. The number of halogens is 2. The third-order valence-corrected chi connectivity index (χ3v) is 3.83. The number of amides is 1. The summed E-state index contributed by atoms with van der Waals surface area (Å²) >= 11 is 14.3. The van der Waals surface area contributed by atoms with E-state index in [1.165, 1.54) is 24.3 Å². The Labute approximate surface area is 161 Å². The Morgan fingerprint density at radius 2 is 1.96 bits per heavy atom. The number of anilines is 1. The zero-order valence-corrected chi connectivity index (χ0v) is 15.7. The van der Waals surface area contributed by atoms with Gasteiger partial charge in [0, 0.05) is 22.3 Å². The van der Waals surface area contributed by atoms with Gasteiger partial charge in [-0.15, -0.1) is 0 Å².